The van der Waals surface area contributed by atoms with Crippen molar-refractivity contribution >= 4 is 16.9 Å². The van der Waals surface area contributed by atoms with Crippen LogP contribution in [0.25, 0.3) is 10.9 Å². The van der Waals surface area contributed by atoms with Crippen LogP contribution in [0.5, 0.6) is 11.5 Å². The molecule has 10 heteroatoms. The van der Waals surface area contributed by atoms with Gasteiger partial charge in [-0.2, -0.15) is 0 Å². The molecule has 0 aliphatic carbocycles. The smallest absolute Gasteiger partial charge is 0.347 e. The summed E-state index contributed by atoms with van der Waals surface area (Å²) in [4.78, 5) is 30.0. The number of piperidine rings is 1. The minimum Gasteiger partial charge on any atom is -0.506 e. The number of aliphatic hydroxyl groups excluding tert-OH is 1. The first-order valence-electron chi connectivity index (χ1n) is 18.0. The van der Waals surface area contributed by atoms with Crippen LogP contribution in [0, 0.1) is 5.92 Å². The van der Waals surface area contributed by atoms with Gasteiger partial charge in [0.2, 0.25) is 11.2 Å². The molecule has 1 fully saturated rings. The number of rotatable bonds is 16. The van der Waals surface area contributed by atoms with E-state index in [9.17, 15) is 24.9 Å². The number of aromatic hydroxyl groups is 1. The predicted molar refractivity (Wildman–Crippen MR) is 200 cm³/mol. The highest BCUT2D eigenvalue weighted by Crippen LogP contribution is 2.32. The highest BCUT2D eigenvalue weighted by Gasteiger charge is 2.42. The predicted octanol–water partition coefficient (Wildman–Crippen LogP) is 5.41. The second kappa shape index (κ2) is 17.5. The number of nitrogens with one attached hydrogen (secondary N) is 2. The van der Waals surface area contributed by atoms with E-state index in [0.29, 0.717) is 40.7 Å². The van der Waals surface area contributed by atoms with Gasteiger partial charge < -0.3 is 35.1 Å². The van der Waals surface area contributed by atoms with Gasteiger partial charge in [-0.1, -0.05) is 78.9 Å². The molecule has 6 rings (SSSR count). The number of aliphatic hydroxyl groups is 2. The molecule has 52 heavy (non-hydrogen) atoms. The molecule has 0 amide bonds. The van der Waals surface area contributed by atoms with Gasteiger partial charge in [0.05, 0.1) is 24.8 Å². The van der Waals surface area contributed by atoms with Gasteiger partial charge in [0, 0.05) is 24.5 Å². The van der Waals surface area contributed by atoms with Gasteiger partial charge in [-0.15, -0.1) is 0 Å². The van der Waals surface area contributed by atoms with Gasteiger partial charge in [0.1, 0.15) is 11.5 Å². The van der Waals surface area contributed by atoms with Crippen LogP contribution in [0.1, 0.15) is 54.0 Å². The number of fused-ring (bicyclic) bond motifs is 1. The maximum absolute atomic E-state index is 13.4. The summed E-state index contributed by atoms with van der Waals surface area (Å²) in [5.74, 6) is 0.388. The van der Waals surface area contributed by atoms with Crippen molar-refractivity contribution in [3.63, 3.8) is 0 Å². The van der Waals surface area contributed by atoms with Crippen molar-refractivity contribution in [2.75, 3.05) is 39.4 Å². The van der Waals surface area contributed by atoms with Crippen LogP contribution in [-0.2, 0) is 21.7 Å². The third kappa shape index (κ3) is 9.07. The SMILES string of the molecule is O=C(OCC1CCN(Cc2ccc(OCCCCNC[C@H](O)c3ccc(O)c4[nH]c(=O)ccc34)cc2)CC1)C(O)(c1ccccc1)c1ccccc1. The van der Waals surface area contributed by atoms with Gasteiger partial charge >= 0.3 is 5.97 Å². The maximum atomic E-state index is 13.4. The lowest BCUT2D eigenvalue weighted by Gasteiger charge is -2.33. The Morgan fingerprint density at radius 3 is 2.23 bits per heavy atom. The van der Waals surface area contributed by atoms with Crippen LogP contribution in [-0.4, -0.2) is 70.6 Å². The maximum Gasteiger partial charge on any atom is 0.347 e. The Morgan fingerprint density at radius 2 is 1.56 bits per heavy atom. The summed E-state index contributed by atoms with van der Waals surface area (Å²) >= 11 is 0. The molecule has 1 atom stereocenters. The van der Waals surface area contributed by atoms with Crippen LogP contribution < -0.4 is 15.6 Å². The van der Waals surface area contributed by atoms with Gasteiger partial charge in [-0.05, 0) is 97.8 Å². The van der Waals surface area contributed by atoms with Crippen LogP contribution >= 0.6 is 0 Å². The topological polar surface area (TPSA) is 144 Å². The molecule has 5 N–H and O–H groups in total. The van der Waals surface area contributed by atoms with E-state index in [0.717, 1.165) is 57.6 Å². The Kier molecular flexibility index (Phi) is 12.4. The average Bonchev–Trinajstić information content (AvgIpc) is 3.18. The number of nitrogens with zero attached hydrogens (tertiary/aromatic N) is 1. The third-order valence-corrected chi connectivity index (χ3v) is 9.79. The molecule has 1 aliphatic heterocycles. The largest absolute Gasteiger partial charge is 0.506 e. The Bertz CT molecular complexity index is 1900. The summed E-state index contributed by atoms with van der Waals surface area (Å²) in [5.41, 5.74) is 0.984. The molecular weight excluding hydrogens is 658 g/mol. The Morgan fingerprint density at radius 1 is 0.885 bits per heavy atom. The lowest BCUT2D eigenvalue weighted by atomic mass is 9.86. The van der Waals surface area contributed by atoms with E-state index < -0.39 is 17.7 Å². The second-order valence-corrected chi connectivity index (χ2v) is 13.5. The van der Waals surface area contributed by atoms with E-state index in [1.165, 1.54) is 17.7 Å². The van der Waals surface area contributed by atoms with Crippen LogP contribution in [0.3, 0.4) is 0 Å². The Hall–Kier alpha value is -5.00. The van der Waals surface area contributed by atoms with E-state index in [2.05, 4.69) is 27.3 Å². The van der Waals surface area contributed by atoms with E-state index in [1.54, 1.807) is 60.7 Å². The van der Waals surface area contributed by atoms with Crippen molar-refractivity contribution in [2.24, 2.45) is 5.92 Å². The molecule has 5 aromatic rings. The number of likely N-dealkylation sites (tertiary alicyclic amines) is 1. The number of ether oxygens (including phenoxy) is 2. The standard InChI is InChI=1S/C42H47N3O7/c46-37-19-17-35(36-18-20-39(48)44-40(36)37)38(47)27-43-23-7-8-26-51-34-15-13-30(14-16-34)28-45-24-21-31(22-25-45)29-52-41(49)42(50,32-9-3-1-4-10-32)33-11-5-2-6-12-33/h1-6,9-20,31,38,43,46-47,50H,7-8,21-29H2,(H,44,48)/t38-/m0/s1. The number of carbonyl (C=O) groups excluding carboxylic acids is 1. The summed E-state index contributed by atoms with van der Waals surface area (Å²) in [5, 5.41) is 36.3. The summed E-state index contributed by atoms with van der Waals surface area (Å²) < 4.78 is 11.7. The van der Waals surface area contributed by atoms with Gasteiger partial charge in [0.25, 0.3) is 0 Å². The molecule has 1 aliphatic rings. The zero-order valence-corrected chi connectivity index (χ0v) is 29.2. The Balaban J connectivity index is 0.868. The summed E-state index contributed by atoms with van der Waals surface area (Å²) in [6.07, 6.45) is 2.77. The van der Waals surface area contributed by atoms with Crippen molar-refractivity contribution in [2.45, 2.75) is 43.9 Å². The number of hydrogen-bond acceptors (Lipinski definition) is 9. The second-order valence-electron chi connectivity index (χ2n) is 13.5. The minimum atomic E-state index is -1.86. The summed E-state index contributed by atoms with van der Waals surface area (Å²) in [7, 11) is 0. The first-order chi connectivity index (χ1) is 25.3. The molecule has 1 saturated heterocycles. The number of unbranched alkanes of at least 4 members (excludes halogenated alkanes) is 1. The number of phenols is 1. The fraction of sp³-hybridized carbons (Fsp3) is 0.333. The fourth-order valence-corrected chi connectivity index (χ4v) is 6.76. The molecular formula is C42H47N3O7. The molecule has 0 unspecified atom stereocenters. The number of carbonyl (C=O) groups is 1. The fourth-order valence-electron chi connectivity index (χ4n) is 6.76. The van der Waals surface area contributed by atoms with Crippen molar-refractivity contribution in [1.29, 1.82) is 0 Å². The zero-order chi connectivity index (χ0) is 36.3. The third-order valence-electron chi connectivity index (χ3n) is 9.79. The number of benzene rings is 4. The van der Waals surface area contributed by atoms with E-state index >= 15 is 0 Å². The number of aromatic nitrogens is 1. The minimum absolute atomic E-state index is 0.0276. The highest BCUT2D eigenvalue weighted by atomic mass is 16.5. The summed E-state index contributed by atoms with van der Waals surface area (Å²) in [6, 6.07) is 32.3. The van der Waals surface area contributed by atoms with Gasteiger partial charge in [0.15, 0.2) is 0 Å². The monoisotopic (exact) mass is 705 g/mol. The number of hydrogen-bond donors (Lipinski definition) is 5. The quantitative estimate of drug-likeness (QED) is 0.0673. The highest BCUT2D eigenvalue weighted by molar-refractivity contribution is 5.87. The summed E-state index contributed by atoms with van der Waals surface area (Å²) in [6.45, 7) is 4.57. The first kappa shape index (κ1) is 36.8. The van der Waals surface area contributed by atoms with Crippen molar-refractivity contribution in [1.82, 2.24) is 15.2 Å². The van der Waals surface area contributed by atoms with E-state index in [4.69, 9.17) is 9.47 Å². The number of H-pyrrole nitrogens is 1. The van der Waals surface area contributed by atoms with Gasteiger partial charge in [-0.3, -0.25) is 9.69 Å². The van der Waals surface area contributed by atoms with Crippen molar-refractivity contribution < 1.29 is 29.6 Å². The molecule has 10 nitrogen and oxygen atoms in total. The average molecular weight is 706 g/mol. The van der Waals surface area contributed by atoms with E-state index in [1.807, 2.05) is 24.3 Å². The molecule has 0 saturated carbocycles. The van der Waals surface area contributed by atoms with Crippen LogP contribution in [0.2, 0.25) is 0 Å². The van der Waals surface area contributed by atoms with Gasteiger partial charge in [-0.25, -0.2) is 4.79 Å². The zero-order valence-electron chi connectivity index (χ0n) is 29.2. The van der Waals surface area contributed by atoms with E-state index in [-0.39, 0.29) is 23.8 Å². The number of phenolic OH excluding ortho intramolecular Hbond substituents is 1. The molecule has 0 spiro atoms. The lowest BCUT2D eigenvalue weighted by molar-refractivity contribution is -0.164. The number of esters is 1. The number of pyridine rings is 1. The molecule has 4 aromatic carbocycles. The molecule has 2 heterocycles. The molecule has 272 valence electrons. The van der Waals surface area contributed by atoms with Crippen molar-refractivity contribution in [3.05, 3.63) is 142 Å². The Labute approximate surface area is 303 Å². The molecule has 0 bridgehead atoms. The van der Waals surface area contributed by atoms with Crippen molar-refractivity contribution in [3.8, 4) is 11.5 Å². The molecule has 1 aromatic heterocycles. The van der Waals surface area contributed by atoms with Crippen LogP contribution in [0.15, 0.2) is 114 Å². The molecule has 0 radical (unpaired) electrons. The lowest BCUT2D eigenvalue weighted by Crippen LogP contribution is -2.40. The van der Waals surface area contributed by atoms with Crippen LogP contribution in [0.4, 0.5) is 0 Å². The normalized spacial score (nSPS) is 14.7. The first-order valence-corrected chi connectivity index (χ1v) is 18.0. The number of aromatic amines is 1.